The number of amides is 2. The monoisotopic (exact) mass is 344 g/mol. The van der Waals surface area contributed by atoms with E-state index in [4.69, 9.17) is 0 Å². The van der Waals surface area contributed by atoms with Crippen molar-refractivity contribution in [3.8, 4) is 0 Å². The van der Waals surface area contributed by atoms with Gasteiger partial charge in [-0.1, -0.05) is 6.92 Å². The minimum Gasteiger partial charge on any atom is -0.342 e. The Morgan fingerprint density at radius 3 is 2.92 bits per heavy atom. The van der Waals surface area contributed by atoms with Crippen LogP contribution in [0.1, 0.15) is 44.9 Å². The number of piperidine rings is 1. The number of aryl methyl sites for hydroxylation is 1. The van der Waals surface area contributed by atoms with Crippen LogP contribution in [0, 0.1) is 11.3 Å². The number of aromatic nitrogens is 2. The van der Waals surface area contributed by atoms with Gasteiger partial charge >= 0.3 is 0 Å². The minimum absolute atomic E-state index is 0.108. The summed E-state index contributed by atoms with van der Waals surface area (Å²) in [6, 6.07) is 0. The van der Waals surface area contributed by atoms with Gasteiger partial charge in [-0.05, 0) is 38.0 Å². The van der Waals surface area contributed by atoms with Crippen LogP contribution in [0.15, 0.2) is 12.4 Å². The standard InChI is InChI=1S/C19H28N4O2/c1-2-16-20-8-11-21(16)13-17(24)23-10-7-19(14-23)6-3-9-22(18(19)25)12-15-4-5-15/h8,11,15H,2-7,9-10,12-14H2,1H3. The molecule has 2 aliphatic heterocycles. The maximum atomic E-state index is 13.1. The van der Waals surface area contributed by atoms with E-state index in [1.807, 2.05) is 22.6 Å². The van der Waals surface area contributed by atoms with Gasteiger partial charge in [-0.2, -0.15) is 0 Å². The third-order valence-electron chi connectivity index (χ3n) is 6.13. The number of carbonyl (C=O) groups excluding carboxylic acids is 2. The molecule has 0 N–H and O–H groups in total. The molecule has 1 spiro atoms. The molecule has 2 saturated heterocycles. The van der Waals surface area contributed by atoms with Crippen LogP contribution in [0.25, 0.3) is 0 Å². The summed E-state index contributed by atoms with van der Waals surface area (Å²) in [5, 5.41) is 0. The Bertz CT molecular complexity index is 666. The van der Waals surface area contributed by atoms with Crippen LogP contribution >= 0.6 is 0 Å². The van der Waals surface area contributed by atoms with E-state index in [2.05, 4.69) is 9.88 Å². The van der Waals surface area contributed by atoms with Crippen molar-refractivity contribution in [2.75, 3.05) is 26.2 Å². The zero-order valence-corrected chi connectivity index (χ0v) is 15.1. The molecule has 0 aromatic carbocycles. The molecule has 1 aromatic heterocycles. The fourth-order valence-electron chi connectivity index (χ4n) is 4.45. The van der Waals surface area contributed by atoms with Crippen molar-refractivity contribution in [2.45, 2.75) is 52.0 Å². The number of nitrogens with zero attached hydrogens (tertiary/aromatic N) is 4. The van der Waals surface area contributed by atoms with Gasteiger partial charge in [0.15, 0.2) is 0 Å². The second-order valence-electron chi connectivity index (χ2n) is 7.97. The first-order valence-corrected chi connectivity index (χ1v) is 9.68. The lowest BCUT2D eigenvalue weighted by Gasteiger charge is -2.39. The molecule has 1 saturated carbocycles. The van der Waals surface area contributed by atoms with Crippen molar-refractivity contribution in [1.29, 1.82) is 0 Å². The largest absolute Gasteiger partial charge is 0.342 e. The Hall–Kier alpha value is -1.85. The van der Waals surface area contributed by atoms with Crippen molar-refractivity contribution in [3.63, 3.8) is 0 Å². The number of carbonyl (C=O) groups is 2. The molecule has 6 heteroatoms. The first-order chi connectivity index (χ1) is 12.1. The van der Waals surface area contributed by atoms with Crippen LogP contribution in [0.3, 0.4) is 0 Å². The molecule has 3 fully saturated rings. The Labute approximate surface area is 149 Å². The molecule has 25 heavy (non-hydrogen) atoms. The maximum absolute atomic E-state index is 13.1. The molecule has 6 nitrogen and oxygen atoms in total. The third-order valence-corrected chi connectivity index (χ3v) is 6.13. The highest BCUT2D eigenvalue weighted by Crippen LogP contribution is 2.41. The Kier molecular flexibility index (Phi) is 4.29. The molecule has 0 bridgehead atoms. The summed E-state index contributed by atoms with van der Waals surface area (Å²) in [4.78, 5) is 34.1. The number of hydrogen-bond donors (Lipinski definition) is 0. The summed E-state index contributed by atoms with van der Waals surface area (Å²) < 4.78 is 1.93. The van der Waals surface area contributed by atoms with E-state index in [0.29, 0.717) is 25.5 Å². The molecule has 1 atom stereocenters. The van der Waals surface area contributed by atoms with E-state index in [9.17, 15) is 9.59 Å². The van der Waals surface area contributed by atoms with Crippen LogP contribution in [0.5, 0.6) is 0 Å². The first kappa shape index (κ1) is 16.6. The molecule has 4 rings (SSSR count). The molecule has 3 heterocycles. The molecule has 2 amide bonds. The van der Waals surface area contributed by atoms with Crippen molar-refractivity contribution in [1.82, 2.24) is 19.4 Å². The van der Waals surface area contributed by atoms with Crippen molar-refractivity contribution in [3.05, 3.63) is 18.2 Å². The van der Waals surface area contributed by atoms with Crippen LogP contribution in [-0.4, -0.2) is 57.3 Å². The van der Waals surface area contributed by atoms with Gasteiger partial charge in [-0.25, -0.2) is 4.98 Å². The minimum atomic E-state index is -0.314. The Morgan fingerprint density at radius 2 is 2.16 bits per heavy atom. The summed E-state index contributed by atoms with van der Waals surface area (Å²) >= 11 is 0. The lowest BCUT2D eigenvalue weighted by molar-refractivity contribution is -0.146. The van der Waals surface area contributed by atoms with E-state index < -0.39 is 0 Å². The van der Waals surface area contributed by atoms with Crippen molar-refractivity contribution >= 4 is 11.8 Å². The smallest absolute Gasteiger partial charge is 0.242 e. The summed E-state index contributed by atoms with van der Waals surface area (Å²) in [6.45, 7) is 5.52. The van der Waals surface area contributed by atoms with E-state index in [-0.39, 0.29) is 11.3 Å². The van der Waals surface area contributed by atoms with Crippen LogP contribution < -0.4 is 0 Å². The van der Waals surface area contributed by atoms with Gasteiger partial charge < -0.3 is 14.4 Å². The van der Waals surface area contributed by atoms with Gasteiger partial charge in [0.25, 0.3) is 0 Å². The summed E-state index contributed by atoms with van der Waals surface area (Å²) in [7, 11) is 0. The summed E-state index contributed by atoms with van der Waals surface area (Å²) in [5.74, 6) is 2.08. The molecule has 3 aliphatic rings. The number of hydrogen-bond acceptors (Lipinski definition) is 3. The average molecular weight is 344 g/mol. The molecule has 1 unspecified atom stereocenters. The van der Waals surface area contributed by atoms with Gasteiger partial charge in [0.1, 0.15) is 12.4 Å². The van der Waals surface area contributed by atoms with Gasteiger partial charge in [-0.15, -0.1) is 0 Å². The van der Waals surface area contributed by atoms with E-state index in [1.165, 1.54) is 12.8 Å². The van der Waals surface area contributed by atoms with Gasteiger partial charge in [0.2, 0.25) is 11.8 Å². The molecule has 0 radical (unpaired) electrons. The number of rotatable bonds is 5. The number of likely N-dealkylation sites (tertiary alicyclic amines) is 2. The summed E-state index contributed by atoms with van der Waals surface area (Å²) in [6.07, 6.45) is 9.80. The predicted octanol–water partition coefficient (Wildman–Crippen LogP) is 1.70. The topological polar surface area (TPSA) is 58.4 Å². The van der Waals surface area contributed by atoms with Crippen LogP contribution in [0.2, 0.25) is 0 Å². The SMILES string of the molecule is CCc1nccn1CC(=O)N1CCC2(CCCN(CC3CC3)C2=O)C1. The Morgan fingerprint density at radius 1 is 1.32 bits per heavy atom. The second-order valence-corrected chi connectivity index (χ2v) is 7.97. The lowest BCUT2D eigenvalue weighted by atomic mass is 9.78. The normalized spacial score (nSPS) is 26.7. The molecule has 1 aromatic rings. The van der Waals surface area contributed by atoms with Crippen molar-refractivity contribution < 1.29 is 9.59 Å². The fraction of sp³-hybridized carbons (Fsp3) is 0.737. The number of imidazole rings is 1. The van der Waals surface area contributed by atoms with E-state index in [0.717, 1.165) is 50.5 Å². The Balaban J connectivity index is 1.41. The molecule has 1 aliphatic carbocycles. The zero-order chi connectivity index (χ0) is 17.4. The van der Waals surface area contributed by atoms with Crippen molar-refractivity contribution in [2.24, 2.45) is 11.3 Å². The highest BCUT2D eigenvalue weighted by atomic mass is 16.2. The van der Waals surface area contributed by atoms with E-state index in [1.54, 1.807) is 6.20 Å². The fourth-order valence-corrected chi connectivity index (χ4v) is 4.45. The molecular formula is C19H28N4O2. The second kappa shape index (κ2) is 6.46. The highest BCUT2D eigenvalue weighted by molar-refractivity contribution is 5.86. The lowest BCUT2D eigenvalue weighted by Crippen LogP contribution is -2.51. The quantitative estimate of drug-likeness (QED) is 0.817. The van der Waals surface area contributed by atoms with Gasteiger partial charge in [0.05, 0.1) is 5.41 Å². The van der Waals surface area contributed by atoms with Gasteiger partial charge in [0, 0.05) is 45.0 Å². The molecular weight excluding hydrogens is 316 g/mol. The summed E-state index contributed by atoms with van der Waals surface area (Å²) in [5.41, 5.74) is -0.314. The average Bonchev–Trinajstić information content (AvgIpc) is 3.14. The van der Waals surface area contributed by atoms with Gasteiger partial charge in [-0.3, -0.25) is 9.59 Å². The predicted molar refractivity (Wildman–Crippen MR) is 93.8 cm³/mol. The zero-order valence-electron chi connectivity index (χ0n) is 15.1. The van der Waals surface area contributed by atoms with Crippen LogP contribution in [-0.2, 0) is 22.6 Å². The van der Waals surface area contributed by atoms with E-state index >= 15 is 0 Å². The third kappa shape index (κ3) is 3.18. The first-order valence-electron chi connectivity index (χ1n) is 9.68. The maximum Gasteiger partial charge on any atom is 0.242 e. The highest BCUT2D eigenvalue weighted by Gasteiger charge is 2.49. The van der Waals surface area contributed by atoms with Crippen LogP contribution in [0.4, 0.5) is 0 Å². The molecule has 136 valence electrons.